The topological polar surface area (TPSA) is 8.17 Å². The fourth-order valence-corrected chi connectivity index (χ4v) is 10.5. The zero-order valence-electron chi connectivity index (χ0n) is 36.3. The Bertz CT molecular complexity index is 3560. The van der Waals surface area contributed by atoms with E-state index < -0.39 is 0 Å². The summed E-state index contributed by atoms with van der Waals surface area (Å²) in [5.74, 6) is 0. The Morgan fingerprint density at radius 2 is 0.906 bits per heavy atom. The Balaban J connectivity index is 0.948. The fourth-order valence-electron chi connectivity index (χ4n) is 10.5. The van der Waals surface area contributed by atoms with E-state index in [1.165, 1.54) is 99.3 Å². The highest BCUT2D eigenvalue weighted by atomic mass is 15.1. The molecule has 1 aliphatic rings. The van der Waals surface area contributed by atoms with Crippen LogP contribution >= 0.6 is 0 Å². The Morgan fingerprint density at radius 3 is 1.61 bits per heavy atom. The summed E-state index contributed by atoms with van der Waals surface area (Å²) < 4.78 is 2.36. The minimum Gasteiger partial charge on any atom is -0.343 e. The lowest BCUT2D eigenvalue weighted by Crippen LogP contribution is -2.16. The summed E-state index contributed by atoms with van der Waals surface area (Å²) in [6.45, 7) is 4.71. The van der Waals surface area contributed by atoms with Gasteiger partial charge in [0.1, 0.15) is 0 Å². The SMILES string of the molecule is Cn1c(-c2ccccc2)c(-c2ccccc2)c2c3ccc(-c4ccc(N(c5ccc(-c6ccc7ccccc7c6)cc5)c5ccc6c(c5)C(C)(C)c5ccccc5-6)cc4)cc3ccc21. The van der Waals surface area contributed by atoms with Crippen LogP contribution < -0.4 is 4.90 Å². The lowest BCUT2D eigenvalue weighted by atomic mass is 9.82. The van der Waals surface area contributed by atoms with Gasteiger partial charge in [0.25, 0.3) is 0 Å². The molecule has 64 heavy (non-hydrogen) atoms. The van der Waals surface area contributed by atoms with Crippen LogP contribution in [-0.2, 0) is 12.5 Å². The van der Waals surface area contributed by atoms with E-state index in [1.807, 2.05) is 0 Å². The van der Waals surface area contributed by atoms with E-state index in [-0.39, 0.29) is 5.41 Å². The molecule has 10 aromatic carbocycles. The molecule has 0 radical (unpaired) electrons. The second-order valence-corrected chi connectivity index (χ2v) is 17.8. The Labute approximate surface area is 375 Å². The molecule has 0 aliphatic heterocycles. The molecule has 1 aliphatic carbocycles. The zero-order chi connectivity index (χ0) is 42.9. The summed E-state index contributed by atoms with van der Waals surface area (Å²) in [6.07, 6.45) is 0. The maximum Gasteiger partial charge on any atom is 0.0568 e. The summed E-state index contributed by atoms with van der Waals surface area (Å²) in [5, 5.41) is 6.28. The van der Waals surface area contributed by atoms with Gasteiger partial charge in [-0.2, -0.15) is 0 Å². The molecule has 1 aromatic heterocycles. The molecule has 0 N–H and O–H groups in total. The number of fused-ring (bicyclic) bond motifs is 7. The first-order valence-corrected chi connectivity index (χ1v) is 22.3. The molecular weight excluding hydrogens is 773 g/mol. The number of aryl methyl sites for hydroxylation is 1. The van der Waals surface area contributed by atoms with E-state index in [9.17, 15) is 0 Å². The van der Waals surface area contributed by atoms with Crippen molar-refractivity contribution in [3.8, 4) is 55.8 Å². The van der Waals surface area contributed by atoms with Gasteiger partial charge in [-0.3, -0.25) is 0 Å². The van der Waals surface area contributed by atoms with Crippen molar-refractivity contribution in [1.82, 2.24) is 4.57 Å². The summed E-state index contributed by atoms with van der Waals surface area (Å²) in [5.41, 5.74) is 19.6. The monoisotopic (exact) mass is 818 g/mol. The quantitative estimate of drug-likeness (QED) is 0.156. The van der Waals surface area contributed by atoms with Gasteiger partial charge in [-0.25, -0.2) is 0 Å². The molecule has 12 rings (SSSR count). The van der Waals surface area contributed by atoms with Crippen molar-refractivity contribution < 1.29 is 0 Å². The van der Waals surface area contributed by atoms with Crippen molar-refractivity contribution in [1.29, 1.82) is 0 Å². The molecule has 0 atom stereocenters. The third-order valence-corrected chi connectivity index (χ3v) is 13.8. The first kappa shape index (κ1) is 37.8. The normalized spacial score (nSPS) is 12.7. The average molecular weight is 819 g/mol. The van der Waals surface area contributed by atoms with E-state index in [0.29, 0.717) is 0 Å². The van der Waals surface area contributed by atoms with Crippen LogP contribution in [0.1, 0.15) is 25.0 Å². The van der Waals surface area contributed by atoms with Crippen molar-refractivity contribution >= 4 is 49.5 Å². The van der Waals surface area contributed by atoms with Crippen LogP contribution in [0, 0.1) is 0 Å². The van der Waals surface area contributed by atoms with Gasteiger partial charge in [0.2, 0.25) is 0 Å². The number of anilines is 3. The van der Waals surface area contributed by atoms with E-state index in [0.717, 1.165) is 17.1 Å². The maximum absolute atomic E-state index is 2.42. The average Bonchev–Trinajstić information content (AvgIpc) is 3.78. The van der Waals surface area contributed by atoms with Gasteiger partial charge in [-0.1, -0.05) is 184 Å². The summed E-state index contributed by atoms with van der Waals surface area (Å²) in [7, 11) is 2.20. The van der Waals surface area contributed by atoms with Gasteiger partial charge >= 0.3 is 0 Å². The molecule has 304 valence electrons. The molecule has 0 bridgehead atoms. The largest absolute Gasteiger partial charge is 0.343 e. The number of aromatic nitrogens is 1. The zero-order valence-corrected chi connectivity index (χ0v) is 36.3. The van der Waals surface area contributed by atoms with Crippen LogP contribution in [0.25, 0.3) is 88.2 Å². The van der Waals surface area contributed by atoms with Gasteiger partial charge in [-0.15, -0.1) is 0 Å². The number of hydrogen-bond donors (Lipinski definition) is 0. The smallest absolute Gasteiger partial charge is 0.0568 e. The molecule has 2 heteroatoms. The van der Waals surface area contributed by atoms with Crippen LogP contribution in [0.2, 0.25) is 0 Å². The van der Waals surface area contributed by atoms with Gasteiger partial charge in [0.15, 0.2) is 0 Å². The second-order valence-electron chi connectivity index (χ2n) is 17.8. The predicted octanol–water partition coefficient (Wildman–Crippen LogP) is 16.9. The van der Waals surface area contributed by atoms with E-state index >= 15 is 0 Å². The van der Waals surface area contributed by atoms with Crippen LogP contribution in [0.15, 0.2) is 224 Å². The Hall–Kier alpha value is -7.94. The number of hydrogen-bond acceptors (Lipinski definition) is 1. The standard InChI is InChI=1S/C62H46N2/c1-62(2)56-21-13-12-20-54(56)55-36-34-52(40-57(55)62)64(50-30-24-42(25-31-50)47-23-22-41-14-10-11-19-46(41)38-47)51-32-26-43(27-33-51)48-28-35-53-49(39-48)29-37-58-60(53)59(44-15-6-4-7-16-44)61(63(58)3)45-17-8-5-9-18-45/h4-40H,1-3H3. The molecule has 0 saturated carbocycles. The third kappa shape index (κ3) is 6.09. The Morgan fingerprint density at radius 1 is 0.375 bits per heavy atom. The van der Waals surface area contributed by atoms with Gasteiger partial charge in [0, 0.05) is 46.0 Å². The minimum atomic E-state index is -0.107. The van der Waals surface area contributed by atoms with Gasteiger partial charge < -0.3 is 9.47 Å². The summed E-state index contributed by atoms with van der Waals surface area (Å²) in [6, 6.07) is 82.6. The molecule has 0 spiro atoms. The summed E-state index contributed by atoms with van der Waals surface area (Å²) in [4.78, 5) is 2.41. The van der Waals surface area contributed by atoms with Crippen molar-refractivity contribution in [2.45, 2.75) is 19.3 Å². The van der Waals surface area contributed by atoms with E-state index in [1.54, 1.807) is 0 Å². The first-order valence-electron chi connectivity index (χ1n) is 22.3. The van der Waals surface area contributed by atoms with Crippen molar-refractivity contribution in [2.24, 2.45) is 7.05 Å². The Kier molecular flexibility index (Phi) is 8.77. The maximum atomic E-state index is 2.42. The van der Waals surface area contributed by atoms with Crippen molar-refractivity contribution in [2.75, 3.05) is 4.90 Å². The number of benzene rings is 10. The van der Waals surface area contributed by atoms with Crippen LogP contribution in [0.5, 0.6) is 0 Å². The molecule has 1 heterocycles. The minimum absolute atomic E-state index is 0.107. The van der Waals surface area contributed by atoms with Gasteiger partial charge in [-0.05, 0) is 132 Å². The molecule has 0 fully saturated rings. The van der Waals surface area contributed by atoms with Gasteiger partial charge in [0.05, 0.1) is 5.69 Å². The highest BCUT2D eigenvalue weighted by molar-refractivity contribution is 6.18. The molecule has 0 amide bonds. The van der Waals surface area contributed by atoms with E-state index in [4.69, 9.17) is 0 Å². The molecular formula is C62H46N2. The summed E-state index contributed by atoms with van der Waals surface area (Å²) >= 11 is 0. The lowest BCUT2D eigenvalue weighted by Gasteiger charge is -2.28. The number of rotatable bonds is 7. The van der Waals surface area contributed by atoms with Crippen LogP contribution in [0.4, 0.5) is 17.1 Å². The van der Waals surface area contributed by atoms with Crippen LogP contribution in [0.3, 0.4) is 0 Å². The number of nitrogens with zero attached hydrogens (tertiary/aromatic N) is 2. The molecule has 11 aromatic rings. The predicted molar refractivity (Wildman–Crippen MR) is 272 cm³/mol. The molecule has 0 saturated heterocycles. The highest BCUT2D eigenvalue weighted by Crippen LogP contribution is 2.51. The highest BCUT2D eigenvalue weighted by Gasteiger charge is 2.35. The molecule has 0 unspecified atom stereocenters. The van der Waals surface area contributed by atoms with E-state index in [2.05, 4.69) is 255 Å². The third-order valence-electron chi connectivity index (χ3n) is 13.8. The first-order chi connectivity index (χ1) is 31.4. The van der Waals surface area contributed by atoms with Crippen LogP contribution in [-0.4, -0.2) is 4.57 Å². The van der Waals surface area contributed by atoms with Crippen molar-refractivity contribution in [3.63, 3.8) is 0 Å². The lowest BCUT2D eigenvalue weighted by molar-refractivity contribution is 0.660. The van der Waals surface area contributed by atoms with Crippen molar-refractivity contribution in [3.05, 3.63) is 236 Å². The molecule has 2 nitrogen and oxygen atoms in total. The second kappa shape index (κ2) is 14.9. The fraction of sp³-hybridized carbons (Fsp3) is 0.0645.